The van der Waals surface area contributed by atoms with E-state index in [1.54, 1.807) is 0 Å². The van der Waals surface area contributed by atoms with E-state index in [0.717, 1.165) is 18.4 Å². The lowest BCUT2D eigenvalue weighted by Crippen LogP contribution is -2.44. The maximum atomic E-state index is 11.8. The number of aliphatic hydroxyl groups is 1. The topological polar surface area (TPSA) is 67.8 Å². The Morgan fingerprint density at radius 1 is 1.33 bits per heavy atom. The molecule has 0 atom stereocenters. The second kappa shape index (κ2) is 7.43. The summed E-state index contributed by atoms with van der Waals surface area (Å²) in [5.41, 5.74) is 0.897. The molecule has 1 aromatic rings. The van der Waals surface area contributed by atoms with Gasteiger partial charge in [-0.05, 0) is 31.9 Å². The lowest BCUT2D eigenvalue weighted by molar-refractivity contribution is -0.124. The molecule has 5 heteroatoms. The molecule has 0 unspecified atom stereocenters. The van der Waals surface area contributed by atoms with Gasteiger partial charge in [0.05, 0.1) is 6.61 Å². The van der Waals surface area contributed by atoms with Gasteiger partial charge < -0.3 is 19.9 Å². The summed E-state index contributed by atoms with van der Waals surface area (Å²) in [7, 11) is 0. The van der Waals surface area contributed by atoms with Crippen molar-refractivity contribution in [3.05, 3.63) is 29.8 Å². The number of aryl methyl sites for hydroxylation is 1. The molecule has 0 radical (unpaired) electrons. The summed E-state index contributed by atoms with van der Waals surface area (Å²) in [4.78, 5) is 11.8. The van der Waals surface area contributed by atoms with Crippen LogP contribution in [0, 0.1) is 12.3 Å². The molecule has 1 heterocycles. The zero-order chi connectivity index (χ0) is 15.1. The van der Waals surface area contributed by atoms with Gasteiger partial charge in [-0.25, -0.2) is 0 Å². The summed E-state index contributed by atoms with van der Waals surface area (Å²) in [5, 5.41) is 12.4. The average Bonchev–Trinajstić information content (AvgIpc) is 2.53. The van der Waals surface area contributed by atoms with Crippen LogP contribution in [0.1, 0.15) is 18.4 Å². The van der Waals surface area contributed by atoms with Crippen LogP contribution in [-0.4, -0.2) is 44.0 Å². The Hall–Kier alpha value is -1.59. The van der Waals surface area contributed by atoms with Crippen molar-refractivity contribution >= 4 is 5.91 Å². The maximum absolute atomic E-state index is 11.8. The van der Waals surface area contributed by atoms with Crippen LogP contribution in [-0.2, 0) is 9.53 Å². The van der Waals surface area contributed by atoms with Gasteiger partial charge in [-0.2, -0.15) is 0 Å². The van der Waals surface area contributed by atoms with Gasteiger partial charge in [0.2, 0.25) is 0 Å². The number of nitrogens with one attached hydrogen (secondary N) is 1. The molecular formula is C16H23NO4. The number of hydrogen-bond acceptors (Lipinski definition) is 4. The van der Waals surface area contributed by atoms with Gasteiger partial charge in [-0.3, -0.25) is 4.79 Å². The largest absolute Gasteiger partial charge is 0.484 e. The molecule has 2 rings (SSSR count). The van der Waals surface area contributed by atoms with Crippen molar-refractivity contribution in [3.63, 3.8) is 0 Å². The highest BCUT2D eigenvalue weighted by molar-refractivity contribution is 5.77. The molecular weight excluding hydrogens is 270 g/mol. The van der Waals surface area contributed by atoms with Gasteiger partial charge in [0, 0.05) is 25.2 Å². The van der Waals surface area contributed by atoms with Gasteiger partial charge in [0.1, 0.15) is 5.75 Å². The lowest BCUT2D eigenvalue weighted by atomic mass is 9.81. The van der Waals surface area contributed by atoms with Gasteiger partial charge in [0.15, 0.2) is 6.61 Å². The van der Waals surface area contributed by atoms with Crippen LogP contribution in [0.5, 0.6) is 5.75 Å². The molecule has 0 spiro atoms. The Bertz CT molecular complexity index is 452. The van der Waals surface area contributed by atoms with Crippen LogP contribution in [0.4, 0.5) is 0 Å². The number of aliphatic hydroxyl groups excluding tert-OH is 1. The molecule has 2 N–H and O–H groups in total. The SMILES string of the molecule is Cc1ccc(OCC(=O)NCC2(CO)CCOCC2)cc1. The third-order valence-electron chi connectivity index (χ3n) is 3.94. The molecule has 1 aliphatic rings. The van der Waals surface area contributed by atoms with E-state index in [0.29, 0.717) is 25.5 Å². The quantitative estimate of drug-likeness (QED) is 0.829. The molecule has 1 amide bonds. The first-order valence-corrected chi connectivity index (χ1v) is 7.28. The van der Waals surface area contributed by atoms with Crippen molar-refractivity contribution in [1.29, 1.82) is 0 Å². The highest BCUT2D eigenvalue weighted by Crippen LogP contribution is 2.28. The molecule has 0 bridgehead atoms. The summed E-state index contributed by atoms with van der Waals surface area (Å²) in [6.45, 7) is 3.78. The minimum absolute atomic E-state index is 0.0128. The predicted octanol–water partition coefficient (Wildman–Crippen LogP) is 1.28. The number of carbonyl (C=O) groups excluding carboxylic acids is 1. The Morgan fingerprint density at radius 3 is 2.62 bits per heavy atom. The van der Waals surface area contributed by atoms with Crippen LogP contribution < -0.4 is 10.1 Å². The lowest BCUT2D eigenvalue weighted by Gasteiger charge is -2.35. The van der Waals surface area contributed by atoms with E-state index in [1.165, 1.54) is 0 Å². The van der Waals surface area contributed by atoms with Crippen molar-refractivity contribution in [2.24, 2.45) is 5.41 Å². The second-order valence-electron chi connectivity index (χ2n) is 5.65. The Kier molecular flexibility index (Phi) is 5.59. The number of amides is 1. The molecule has 1 aromatic carbocycles. The van der Waals surface area contributed by atoms with Gasteiger partial charge >= 0.3 is 0 Å². The first-order chi connectivity index (χ1) is 10.1. The number of ether oxygens (including phenoxy) is 2. The zero-order valence-electron chi connectivity index (χ0n) is 12.4. The normalized spacial score (nSPS) is 17.2. The predicted molar refractivity (Wildman–Crippen MR) is 79.3 cm³/mol. The first kappa shape index (κ1) is 15.8. The summed E-state index contributed by atoms with van der Waals surface area (Å²) < 4.78 is 10.7. The highest BCUT2D eigenvalue weighted by Gasteiger charge is 2.32. The van der Waals surface area contributed by atoms with E-state index < -0.39 is 0 Å². The first-order valence-electron chi connectivity index (χ1n) is 7.28. The van der Waals surface area contributed by atoms with Crippen molar-refractivity contribution in [2.45, 2.75) is 19.8 Å². The second-order valence-corrected chi connectivity index (χ2v) is 5.65. The number of benzene rings is 1. The Morgan fingerprint density at radius 2 is 2.00 bits per heavy atom. The minimum Gasteiger partial charge on any atom is -0.484 e. The highest BCUT2D eigenvalue weighted by atomic mass is 16.5. The van der Waals surface area contributed by atoms with E-state index in [1.807, 2.05) is 31.2 Å². The molecule has 116 valence electrons. The number of hydrogen-bond donors (Lipinski definition) is 2. The van der Waals surface area contributed by atoms with Gasteiger partial charge in [0.25, 0.3) is 5.91 Å². The van der Waals surface area contributed by atoms with Gasteiger partial charge in [-0.1, -0.05) is 17.7 Å². The van der Waals surface area contributed by atoms with Crippen molar-refractivity contribution in [1.82, 2.24) is 5.32 Å². The fourth-order valence-electron chi connectivity index (χ4n) is 2.32. The fourth-order valence-corrected chi connectivity index (χ4v) is 2.32. The van der Waals surface area contributed by atoms with Crippen LogP contribution in [0.25, 0.3) is 0 Å². The van der Waals surface area contributed by atoms with E-state index in [9.17, 15) is 9.90 Å². The van der Waals surface area contributed by atoms with Crippen LogP contribution >= 0.6 is 0 Å². The van der Waals surface area contributed by atoms with E-state index in [2.05, 4.69) is 5.32 Å². The molecule has 1 fully saturated rings. The van der Waals surface area contributed by atoms with E-state index in [-0.39, 0.29) is 24.5 Å². The molecule has 0 aromatic heterocycles. The molecule has 0 aliphatic carbocycles. The molecule has 5 nitrogen and oxygen atoms in total. The third kappa shape index (κ3) is 4.72. The van der Waals surface area contributed by atoms with Crippen molar-refractivity contribution in [2.75, 3.05) is 33.0 Å². The van der Waals surface area contributed by atoms with Crippen LogP contribution in [0.15, 0.2) is 24.3 Å². The van der Waals surface area contributed by atoms with E-state index in [4.69, 9.17) is 9.47 Å². The fraction of sp³-hybridized carbons (Fsp3) is 0.562. The summed E-state index contributed by atoms with van der Waals surface area (Å²) in [6.07, 6.45) is 1.53. The molecule has 1 aliphatic heterocycles. The van der Waals surface area contributed by atoms with E-state index >= 15 is 0 Å². The van der Waals surface area contributed by atoms with Crippen molar-refractivity contribution in [3.8, 4) is 5.75 Å². The van der Waals surface area contributed by atoms with Gasteiger partial charge in [-0.15, -0.1) is 0 Å². The van der Waals surface area contributed by atoms with Crippen LogP contribution in [0.2, 0.25) is 0 Å². The smallest absolute Gasteiger partial charge is 0.257 e. The third-order valence-corrected chi connectivity index (χ3v) is 3.94. The summed E-state index contributed by atoms with van der Waals surface area (Å²) in [5.74, 6) is 0.508. The number of carbonyl (C=O) groups is 1. The molecule has 0 saturated carbocycles. The molecule has 21 heavy (non-hydrogen) atoms. The van der Waals surface area contributed by atoms with Crippen molar-refractivity contribution < 1.29 is 19.4 Å². The Balaban J connectivity index is 1.75. The summed E-state index contributed by atoms with van der Waals surface area (Å²) >= 11 is 0. The maximum Gasteiger partial charge on any atom is 0.257 e. The van der Waals surface area contributed by atoms with Crippen LogP contribution in [0.3, 0.4) is 0 Å². The molecule has 1 saturated heterocycles. The standard InChI is InChI=1S/C16H23NO4/c1-13-2-4-14(5-3-13)21-10-15(19)17-11-16(12-18)6-8-20-9-7-16/h2-5,18H,6-12H2,1H3,(H,17,19). The minimum atomic E-state index is -0.252. The Labute approximate surface area is 125 Å². The summed E-state index contributed by atoms with van der Waals surface area (Å²) in [6, 6.07) is 7.57. The number of rotatable bonds is 6. The monoisotopic (exact) mass is 293 g/mol. The average molecular weight is 293 g/mol. The zero-order valence-corrected chi connectivity index (χ0v) is 12.4.